The van der Waals surface area contributed by atoms with Gasteiger partial charge in [0, 0.05) is 23.1 Å². The van der Waals surface area contributed by atoms with Gasteiger partial charge in [-0.2, -0.15) is 0 Å². The Labute approximate surface area is 187 Å². The van der Waals surface area contributed by atoms with Crippen LogP contribution in [-0.2, 0) is 13.1 Å². The second kappa shape index (κ2) is 9.10. The summed E-state index contributed by atoms with van der Waals surface area (Å²) in [5.41, 5.74) is 4.82. The Balaban J connectivity index is 1.75. The maximum Gasteiger partial charge on any atom is 0.254 e. The molecule has 0 saturated carbocycles. The summed E-state index contributed by atoms with van der Waals surface area (Å²) in [5, 5.41) is 0.994. The highest BCUT2D eigenvalue weighted by Gasteiger charge is 2.19. The Kier molecular flexibility index (Phi) is 6.08. The number of hydrogen-bond acceptors (Lipinski definition) is 3. The molecule has 162 valence electrons. The predicted octanol–water partition coefficient (Wildman–Crippen LogP) is 5.00. The lowest BCUT2D eigenvalue weighted by molar-refractivity contribution is 0.0729. The fourth-order valence-electron chi connectivity index (χ4n) is 3.88. The van der Waals surface area contributed by atoms with Crippen molar-refractivity contribution in [3.63, 3.8) is 0 Å². The number of amides is 1. The minimum atomic E-state index is -0.178. The molecule has 0 aliphatic heterocycles. The van der Waals surface area contributed by atoms with Crippen molar-refractivity contribution in [1.29, 1.82) is 0 Å². The average molecular weight is 427 g/mol. The molecule has 0 atom stereocenters. The molecule has 0 saturated heterocycles. The van der Waals surface area contributed by atoms with Crippen LogP contribution in [0, 0.1) is 13.8 Å². The molecular formula is C27H26N2O3. The van der Waals surface area contributed by atoms with Crippen LogP contribution < -0.4 is 10.3 Å². The van der Waals surface area contributed by atoms with E-state index in [0.29, 0.717) is 23.4 Å². The van der Waals surface area contributed by atoms with E-state index >= 15 is 0 Å². The number of hydrogen-bond donors (Lipinski definition) is 1. The predicted molar refractivity (Wildman–Crippen MR) is 127 cm³/mol. The van der Waals surface area contributed by atoms with Crippen LogP contribution in [0.3, 0.4) is 0 Å². The maximum atomic E-state index is 13.5. The van der Waals surface area contributed by atoms with Gasteiger partial charge in [0.2, 0.25) is 0 Å². The molecule has 0 radical (unpaired) electrons. The van der Waals surface area contributed by atoms with E-state index in [9.17, 15) is 9.59 Å². The van der Waals surface area contributed by atoms with Gasteiger partial charge in [-0.15, -0.1) is 0 Å². The van der Waals surface area contributed by atoms with Gasteiger partial charge < -0.3 is 14.6 Å². The number of nitrogens with zero attached hydrogens (tertiary/aromatic N) is 1. The first-order valence-corrected chi connectivity index (χ1v) is 10.6. The summed E-state index contributed by atoms with van der Waals surface area (Å²) in [4.78, 5) is 31.1. The second-order valence-corrected chi connectivity index (χ2v) is 7.99. The molecule has 0 bridgehead atoms. The van der Waals surface area contributed by atoms with Gasteiger partial charge in [0.1, 0.15) is 5.75 Å². The number of fused-ring (bicyclic) bond motifs is 1. The van der Waals surface area contributed by atoms with Gasteiger partial charge in [-0.05, 0) is 54.8 Å². The lowest BCUT2D eigenvalue weighted by Gasteiger charge is -2.23. The van der Waals surface area contributed by atoms with Crippen LogP contribution in [-0.4, -0.2) is 22.9 Å². The summed E-state index contributed by atoms with van der Waals surface area (Å²) in [6.45, 7) is 4.59. The monoisotopic (exact) mass is 426 g/mol. The Morgan fingerprint density at radius 2 is 1.66 bits per heavy atom. The molecule has 5 nitrogen and oxygen atoms in total. The maximum absolute atomic E-state index is 13.5. The third-order valence-electron chi connectivity index (χ3n) is 5.70. The van der Waals surface area contributed by atoms with Crippen LogP contribution in [0.2, 0.25) is 0 Å². The topological polar surface area (TPSA) is 62.4 Å². The highest BCUT2D eigenvalue weighted by molar-refractivity contribution is 5.94. The van der Waals surface area contributed by atoms with E-state index in [1.54, 1.807) is 36.3 Å². The van der Waals surface area contributed by atoms with Crippen molar-refractivity contribution in [3.8, 4) is 5.75 Å². The second-order valence-electron chi connectivity index (χ2n) is 7.99. The number of carbonyl (C=O) groups excluding carboxylic acids is 1. The summed E-state index contributed by atoms with van der Waals surface area (Å²) in [5.74, 6) is 0.457. The van der Waals surface area contributed by atoms with Crippen molar-refractivity contribution in [1.82, 2.24) is 9.88 Å². The van der Waals surface area contributed by atoms with Gasteiger partial charge in [-0.25, -0.2) is 0 Å². The first-order chi connectivity index (χ1) is 15.5. The number of pyridine rings is 1. The van der Waals surface area contributed by atoms with Crippen LogP contribution >= 0.6 is 0 Å². The van der Waals surface area contributed by atoms with Crippen molar-refractivity contribution in [2.24, 2.45) is 0 Å². The number of rotatable bonds is 6. The quantitative estimate of drug-likeness (QED) is 0.472. The van der Waals surface area contributed by atoms with Crippen LogP contribution in [0.4, 0.5) is 0 Å². The number of ether oxygens (including phenoxy) is 1. The van der Waals surface area contributed by atoms with E-state index in [-0.39, 0.29) is 18.0 Å². The molecular weight excluding hydrogens is 400 g/mol. The summed E-state index contributed by atoms with van der Waals surface area (Å²) in [6.07, 6.45) is 0. The number of nitrogens with one attached hydrogen (secondary N) is 1. The number of benzene rings is 3. The van der Waals surface area contributed by atoms with Crippen molar-refractivity contribution in [3.05, 3.63) is 111 Å². The number of H-pyrrole nitrogens is 1. The molecule has 1 amide bonds. The molecule has 4 rings (SSSR count). The molecule has 32 heavy (non-hydrogen) atoms. The van der Waals surface area contributed by atoms with E-state index in [1.807, 2.05) is 62.4 Å². The molecule has 0 aliphatic carbocycles. The molecule has 1 aromatic heterocycles. The van der Waals surface area contributed by atoms with E-state index in [4.69, 9.17) is 4.74 Å². The third-order valence-corrected chi connectivity index (χ3v) is 5.70. The fourth-order valence-corrected chi connectivity index (χ4v) is 3.88. The zero-order valence-electron chi connectivity index (χ0n) is 18.5. The molecule has 0 unspecified atom stereocenters. The largest absolute Gasteiger partial charge is 0.497 e. The first-order valence-electron chi connectivity index (χ1n) is 10.6. The lowest BCUT2D eigenvalue weighted by atomic mass is 10.0. The van der Waals surface area contributed by atoms with Crippen LogP contribution in [0.15, 0.2) is 77.6 Å². The van der Waals surface area contributed by atoms with Crippen LogP contribution in [0.5, 0.6) is 5.75 Å². The molecule has 0 fully saturated rings. The van der Waals surface area contributed by atoms with E-state index in [2.05, 4.69) is 4.98 Å². The zero-order valence-corrected chi connectivity index (χ0v) is 18.5. The average Bonchev–Trinajstić information content (AvgIpc) is 2.82. The smallest absolute Gasteiger partial charge is 0.254 e. The Bertz CT molecular complexity index is 1330. The summed E-state index contributed by atoms with van der Waals surface area (Å²) in [6, 6.07) is 22.8. The van der Waals surface area contributed by atoms with Gasteiger partial charge in [0.25, 0.3) is 11.5 Å². The standard InChI is InChI=1S/C27H26N2O3/c1-18-12-13-19(2)25-24(18)15-22(26(30)28-25)17-29(16-20-8-5-4-6-9-20)27(31)21-10-7-11-23(14-21)32-3/h4-15H,16-17H2,1-3H3,(H,28,30). The fraction of sp³-hybridized carbons (Fsp3) is 0.185. The number of methoxy groups -OCH3 is 1. The third kappa shape index (κ3) is 4.42. The Hall–Kier alpha value is -3.86. The highest BCUT2D eigenvalue weighted by Crippen LogP contribution is 2.22. The summed E-state index contributed by atoms with van der Waals surface area (Å²) < 4.78 is 5.29. The number of aromatic nitrogens is 1. The highest BCUT2D eigenvalue weighted by atomic mass is 16.5. The van der Waals surface area contributed by atoms with E-state index in [1.165, 1.54) is 0 Å². The van der Waals surface area contributed by atoms with E-state index in [0.717, 1.165) is 27.6 Å². The Morgan fingerprint density at radius 1 is 0.906 bits per heavy atom. The molecule has 0 spiro atoms. The van der Waals surface area contributed by atoms with Crippen molar-refractivity contribution in [2.45, 2.75) is 26.9 Å². The molecule has 0 aliphatic rings. The summed E-state index contributed by atoms with van der Waals surface area (Å²) in [7, 11) is 1.57. The van der Waals surface area contributed by atoms with E-state index < -0.39 is 0 Å². The van der Waals surface area contributed by atoms with Crippen molar-refractivity contribution in [2.75, 3.05) is 7.11 Å². The van der Waals surface area contributed by atoms with Crippen molar-refractivity contribution >= 4 is 16.8 Å². The van der Waals surface area contributed by atoms with Gasteiger partial charge in [0.15, 0.2) is 0 Å². The van der Waals surface area contributed by atoms with Gasteiger partial charge >= 0.3 is 0 Å². The van der Waals surface area contributed by atoms with Crippen molar-refractivity contribution < 1.29 is 9.53 Å². The first kappa shape index (κ1) is 21.4. The Morgan fingerprint density at radius 3 is 2.41 bits per heavy atom. The number of aromatic amines is 1. The van der Waals surface area contributed by atoms with Gasteiger partial charge in [-0.3, -0.25) is 9.59 Å². The van der Waals surface area contributed by atoms with Gasteiger partial charge in [0.05, 0.1) is 19.2 Å². The normalized spacial score (nSPS) is 10.8. The molecule has 1 heterocycles. The van der Waals surface area contributed by atoms with Crippen LogP contribution in [0.25, 0.3) is 10.9 Å². The minimum absolute atomic E-state index is 0.159. The molecule has 1 N–H and O–H groups in total. The lowest BCUT2D eigenvalue weighted by Crippen LogP contribution is -2.32. The molecule has 5 heteroatoms. The van der Waals surface area contributed by atoms with Gasteiger partial charge in [-0.1, -0.05) is 48.5 Å². The zero-order chi connectivity index (χ0) is 22.7. The minimum Gasteiger partial charge on any atom is -0.497 e. The number of carbonyl (C=O) groups is 1. The summed E-state index contributed by atoms with van der Waals surface area (Å²) >= 11 is 0. The number of aryl methyl sites for hydroxylation is 2. The molecule has 3 aromatic carbocycles. The molecule has 4 aromatic rings. The SMILES string of the molecule is COc1cccc(C(=O)N(Cc2ccccc2)Cc2cc3c(C)ccc(C)c3[nH]c2=O)c1. The van der Waals surface area contributed by atoms with Crippen LogP contribution in [0.1, 0.15) is 32.6 Å².